The van der Waals surface area contributed by atoms with Crippen LogP contribution >= 0.6 is 12.2 Å². The summed E-state index contributed by atoms with van der Waals surface area (Å²) < 4.78 is 33.3. The van der Waals surface area contributed by atoms with Gasteiger partial charge in [0.15, 0.2) is 0 Å². The zero-order valence-electron chi connectivity index (χ0n) is 10.1. The highest BCUT2D eigenvalue weighted by Gasteiger charge is 2.27. The summed E-state index contributed by atoms with van der Waals surface area (Å²) in [4.78, 5) is 1.40. The van der Waals surface area contributed by atoms with E-state index in [1.165, 1.54) is 4.90 Å². The number of nitrogens with two attached hydrogens (primary N) is 1. The van der Waals surface area contributed by atoms with Gasteiger partial charge in [0, 0.05) is 12.1 Å². The standard InChI is InChI=1S/C12H14F2N2O2S/c13-9-3-7(12(15)19)4-10(14)11(9)16-1-2-18-6-8(16)5-17/h3-4,8,17H,1-2,5-6H2,(H2,15,19). The third-order valence-electron chi connectivity index (χ3n) is 3.03. The number of anilines is 1. The molecule has 0 aliphatic carbocycles. The van der Waals surface area contributed by atoms with E-state index in [0.29, 0.717) is 13.2 Å². The molecule has 0 radical (unpaired) electrons. The van der Waals surface area contributed by atoms with Crippen molar-refractivity contribution in [3.8, 4) is 0 Å². The Bertz CT molecular complexity index is 476. The maximum Gasteiger partial charge on any atom is 0.150 e. The van der Waals surface area contributed by atoms with Crippen LogP contribution in [0.5, 0.6) is 0 Å². The largest absolute Gasteiger partial charge is 0.394 e. The van der Waals surface area contributed by atoms with Crippen LogP contribution in [0.3, 0.4) is 0 Å². The van der Waals surface area contributed by atoms with E-state index in [4.69, 9.17) is 22.7 Å². The molecule has 1 aromatic carbocycles. The van der Waals surface area contributed by atoms with Gasteiger partial charge in [0.25, 0.3) is 0 Å². The van der Waals surface area contributed by atoms with Crippen molar-refractivity contribution in [3.63, 3.8) is 0 Å². The van der Waals surface area contributed by atoms with Gasteiger partial charge in [0.2, 0.25) is 0 Å². The van der Waals surface area contributed by atoms with Gasteiger partial charge in [-0.1, -0.05) is 12.2 Å². The van der Waals surface area contributed by atoms with Gasteiger partial charge >= 0.3 is 0 Å². The van der Waals surface area contributed by atoms with Crippen LogP contribution in [0.15, 0.2) is 12.1 Å². The lowest BCUT2D eigenvalue weighted by Crippen LogP contribution is -2.48. The number of benzene rings is 1. The number of rotatable bonds is 3. The van der Waals surface area contributed by atoms with Gasteiger partial charge in [0.1, 0.15) is 22.3 Å². The Balaban J connectivity index is 2.41. The van der Waals surface area contributed by atoms with Crippen LogP contribution in [0.2, 0.25) is 0 Å². The summed E-state index contributed by atoms with van der Waals surface area (Å²) in [5.41, 5.74) is 5.32. The lowest BCUT2D eigenvalue weighted by atomic mass is 10.1. The summed E-state index contributed by atoms with van der Waals surface area (Å²) in [6.45, 7) is 0.653. The number of hydrogen-bond donors (Lipinski definition) is 2. The Morgan fingerprint density at radius 2 is 2.11 bits per heavy atom. The molecule has 1 aliphatic rings. The van der Waals surface area contributed by atoms with Crippen LogP contribution in [-0.2, 0) is 4.74 Å². The predicted molar refractivity (Wildman–Crippen MR) is 71.3 cm³/mol. The maximum absolute atomic E-state index is 14.0. The van der Waals surface area contributed by atoms with Gasteiger partial charge in [-0.2, -0.15) is 0 Å². The van der Waals surface area contributed by atoms with Crippen LogP contribution in [0.1, 0.15) is 5.56 Å². The minimum absolute atomic E-state index is 0.0648. The molecular formula is C12H14F2N2O2S. The van der Waals surface area contributed by atoms with Crippen LogP contribution in [0.4, 0.5) is 14.5 Å². The lowest BCUT2D eigenvalue weighted by Gasteiger charge is -2.36. The molecule has 3 N–H and O–H groups in total. The highest BCUT2D eigenvalue weighted by Crippen LogP contribution is 2.28. The second-order valence-electron chi connectivity index (χ2n) is 4.26. The average Bonchev–Trinajstić information content (AvgIpc) is 2.38. The zero-order valence-corrected chi connectivity index (χ0v) is 10.9. The molecular weight excluding hydrogens is 274 g/mol. The monoisotopic (exact) mass is 288 g/mol. The van der Waals surface area contributed by atoms with Crippen molar-refractivity contribution in [1.82, 2.24) is 0 Å². The predicted octanol–water partition coefficient (Wildman–Crippen LogP) is 0.797. The molecule has 19 heavy (non-hydrogen) atoms. The molecule has 4 nitrogen and oxygen atoms in total. The van der Waals surface area contributed by atoms with Crippen LogP contribution < -0.4 is 10.6 Å². The van der Waals surface area contributed by atoms with E-state index in [1.807, 2.05) is 0 Å². The first-order chi connectivity index (χ1) is 9.04. The highest BCUT2D eigenvalue weighted by atomic mass is 32.1. The number of thiocarbonyl (C=S) groups is 1. The van der Waals surface area contributed by atoms with Crippen molar-refractivity contribution in [2.24, 2.45) is 5.73 Å². The third-order valence-corrected chi connectivity index (χ3v) is 3.26. The number of aliphatic hydroxyl groups is 1. The maximum atomic E-state index is 14.0. The Hall–Kier alpha value is -1.31. The average molecular weight is 288 g/mol. The third kappa shape index (κ3) is 2.83. The minimum Gasteiger partial charge on any atom is -0.394 e. The summed E-state index contributed by atoms with van der Waals surface area (Å²) in [6.07, 6.45) is 0. The smallest absolute Gasteiger partial charge is 0.150 e. The molecule has 1 atom stereocenters. The molecule has 1 saturated heterocycles. The van der Waals surface area contributed by atoms with Gasteiger partial charge in [-0.05, 0) is 12.1 Å². The van der Waals surface area contributed by atoms with Crippen molar-refractivity contribution < 1.29 is 18.6 Å². The quantitative estimate of drug-likeness (QED) is 0.806. The van der Waals surface area contributed by atoms with E-state index >= 15 is 0 Å². The molecule has 1 fully saturated rings. The molecule has 0 spiro atoms. The molecule has 1 aromatic rings. The molecule has 0 aromatic heterocycles. The molecule has 1 aliphatic heterocycles. The SMILES string of the molecule is NC(=S)c1cc(F)c(N2CCOCC2CO)c(F)c1. The fourth-order valence-electron chi connectivity index (χ4n) is 2.08. The van der Waals surface area contributed by atoms with Crippen LogP contribution in [0, 0.1) is 11.6 Å². The fourth-order valence-corrected chi connectivity index (χ4v) is 2.20. The Morgan fingerprint density at radius 1 is 1.47 bits per heavy atom. The summed E-state index contributed by atoms with van der Waals surface area (Å²) in [6, 6.07) is 1.74. The van der Waals surface area contributed by atoms with Crippen LogP contribution in [0.25, 0.3) is 0 Å². The summed E-state index contributed by atoms with van der Waals surface area (Å²) in [7, 11) is 0. The Morgan fingerprint density at radius 3 is 2.63 bits per heavy atom. The number of nitrogens with zero attached hydrogens (tertiary/aromatic N) is 1. The molecule has 7 heteroatoms. The van der Waals surface area contributed by atoms with Crippen molar-refractivity contribution >= 4 is 22.9 Å². The van der Waals surface area contributed by atoms with E-state index < -0.39 is 17.7 Å². The summed E-state index contributed by atoms with van der Waals surface area (Å²) in [5, 5.41) is 9.24. The zero-order chi connectivity index (χ0) is 14.0. The minimum atomic E-state index is -0.747. The van der Waals surface area contributed by atoms with E-state index in [2.05, 4.69) is 0 Å². The fraction of sp³-hybridized carbons (Fsp3) is 0.417. The number of aliphatic hydroxyl groups excluding tert-OH is 1. The normalized spacial score (nSPS) is 19.5. The second-order valence-corrected chi connectivity index (χ2v) is 4.70. The first-order valence-electron chi connectivity index (χ1n) is 5.78. The van der Waals surface area contributed by atoms with Crippen molar-refractivity contribution in [2.45, 2.75) is 6.04 Å². The first kappa shape index (κ1) is 14.1. The number of halogens is 2. The summed E-state index contributed by atoms with van der Waals surface area (Å²) >= 11 is 4.70. The topological polar surface area (TPSA) is 58.7 Å². The summed E-state index contributed by atoms with van der Waals surface area (Å²) in [5.74, 6) is -1.49. The van der Waals surface area contributed by atoms with Gasteiger partial charge in [-0.25, -0.2) is 8.78 Å². The van der Waals surface area contributed by atoms with Gasteiger partial charge < -0.3 is 20.5 Å². The van der Waals surface area contributed by atoms with Crippen molar-refractivity contribution in [3.05, 3.63) is 29.3 Å². The van der Waals surface area contributed by atoms with Crippen molar-refractivity contribution in [1.29, 1.82) is 0 Å². The molecule has 2 rings (SSSR count). The second kappa shape index (κ2) is 5.77. The van der Waals surface area contributed by atoms with Gasteiger partial charge in [-0.3, -0.25) is 0 Å². The van der Waals surface area contributed by atoms with Gasteiger partial charge in [-0.15, -0.1) is 0 Å². The number of ether oxygens (including phenoxy) is 1. The molecule has 0 saturated carbocycles. The van der Waals surface area contributed by atoms with E-state index in [0.717, 1.165) is 12.1 Å². The number of hydrogen-bond acceptors (Lipinski definition) is 4. The Labute approximate surface area is 114 Å². The van der Waals surface area contributed by atoms with Crippen molar-refractivity contribution in [2.75, 3.05) is 31.3 Å². The molecule has 104 valence electrons. The molecule has 0 amide bonds. The molecule has 0 bridgehead atoms. The molecule has 1 heterocycles. The first-order valence-corrected chi connectivity index (χ1v) is 6.19. The Kier molecular flexibility index (Phi) is 4.28. The van der Waals surface area contributed by atoms with Gasteiger partial charge in [0.05, 0.1) is 25.9 Å². The lowest BCUT2D eigenvalue weighted by molar-refractivity contribution is 0.0720. The van der Waals surface area contributed by atoms with E-state index in [-0.39, 0.29) is 29.5 Å². The van der Waals surface area contributed by atoms with E-state index in [9.17, 15) is 13.9 Å². The number of morpholine rings is 1. The molecule has 1 unspecified atom stereocenters. The van der Waals surface area contributed by atoms with E-state index in [1.54, 1.807) is 0 Å². The van der Waals surface area contributed by atoms with Crippen LogP contribution in [-0.4, -0.2) is 42.5 Å². The highest BCUT2D eigenvalue weighted by molar-refractivity contribution is 7.80.